The van der Waals surface area contributed by atoms with Crippen LogP contribution in [0, 0.1) is 12.8 Å². The molecule has 0 radical (unpaired) electrons. The third-order valence-corrected chi connectivity index (χ3v) is 4.47. The van der Waals surface area contributed by atoms with Gasteiger partial charge in [0, 0.05) is 10.9 Å². The van der Waals surface area contributed by atoms with Gasteiger partial charge in [-0.15, -0.1) is 0 Å². The fourth-order valence-corrected chi connectivity index (χ4v) is 3.31. The van der Waals surface area contributed by atoms with E-state index < -0.39 is 6.10 Å². The Kier molecular flexibility index (Phi) is 3.72. The second-order valence-corrected chi connectivity index (χ2v) is 7.14. The Morgan fingerprint density at radius 1 is 1.32 bits per heavy atom. The van der Waals surface area contributed by atoms with E-state index in [-0.39, 0.29) is 17.1 Å². The molecule has 2 atom stereocenters. The molecule has 2 unspecified atom stereocenters. The van der Waals surface area contributed by atoms with Gasteiger partial charge >= 0.3 is 0 Å². The molecule has 106 valence electrons. The maximum absolute atomic E-state index is 10.7. The topological polar surface area (TPSA) is 29.5 Å². The molecule has 0 saturated carbocycles. The monoisotopic (exact) mass is 282 g/mol. The first kappa shape index (κ1) is 14.8. The summed E-state index contributed by atoms with van der Waals surface area (Å²) in [5, 5.41) is 11.4. The molecule has 2 rings (SSSR count). The average molecular weight is 283 g/mol. The molecule has 1 saturated heterocycles. The van der Waals surface area contributed by atoms with Crippen molar-refractivity contribution in [1.82, 2.24) is 0 Å². The van der Waals surface area contributed by atoms with Crippen LogP contribution in [0.1, 0.15) is 51.3 Å². The van der Waals surface area contributed by atoms with E-state index in [2.05, 4.69) is 13.8 Å². The van der Waals surface area contributed by atoms with Crippen LogP contribution in [0.5, 0.6) is 0 Å². The molecule has 0 aliphatic carbocycles. The van der Waals surface area contributed by atoms with E-state index in [4.69, 9.17) is 16.3 Å². The quantitative estimate of drug-likeness (QED) is 0.877. The molecule has 0 bridgehead atoms. The third kappa shape index (κ3) is 2.96. The van der Waals surface area contributed by atoms with Crippen molar-refractivity contribution in [1.29, 1.82) is 0 Å². The molecular weight excluding hydrogens is 260 g/mol. The molecule has 1 aliphatic heterocycles. The number of aliphatic hydroxyl groups excluding tert-OH is 1. The normalized spacial score (nSPS) is 26.4. The van der Waals surface area contributed by atoms with E-state index in [0.29, 0.717) is 5.02 Å². The molecule has 1 heterocycles. The molecule has 0 amide bonds. The number of ether oxygens (including phenoxy) is 1. The van der Waals surface area contributed by atoms with E-state index in [1.54, 1.807) is 0 Å². The van der Waals surface area contributed by atoms with Crippen LogP contribution >= 0.6 is 11.6 Å². The molecule has 0 spiro atoms. The minimum absolute atomic E-state index is 0.0706. The van der Waals surface area contributed by atoms with Crippen LogP contribution in [-0.4, -0.2) is 16.3 Å². The highest BCUT2D eigenvalue weighted by molar-refractivity contribution is 6.31. The first-order valence-electron chi connectivity index (χ1n) is 6.77. The summed E-state index contributed by atoms with van der Waals surface area (Å²) < 4.78 is 6.05. The van der Waals surface area contributed by atoms with Gasteiger partial charge in [-0.2, -0.15) is 0 Å². The van der Waals surface area contributed by atoms with Crippen LogP contribution in [0.2, 0.25) is 5.02 Å². The summed E-state index contributed by atoms with van der Waals surface area (Å²) in [6, 6.07) is 5.77. The van der Waals surface area contributed by atoms with Gasteiger partial charge in [0.25, 0.3) is 0 Å². The van der Waals surface area contributed by atoms with Gasteiger partial charge in [-0.05, 0) is 58.2 Å². The highest BCUT2D eigenvalue weighted by atomic mass is 35.5. The van der Waals surface area contributed by atoms with Gasteiger partial charge in [0.15, 0.2) is 0 Å². The lowest BCUT2D eigenvalue weighted by Gasteiger charge is -2.30. The van der Waals surface area contributed by atoms with Crippen LogP contribution in [-0.2, 0) is 4.74 Å². The number of aliphatic hydroxyl groups is 1. The van der Waals surface area contributed by atoms with Crippen LogP contribution in [0.4, 0.5) is 0 Å². The summed E-state index contributed by atoms with van der Waals surface area (Å²) >= 11 is 6.15. The summed E-state index contributed by atoms with van der Waals surface area (Å²) in [4.78, 5) is 0. The van der Waals surface area contributed by atoms with Crippen LogP contribution in [0.25, 0.3) is 0 Å². The van der Waals surface area contributed by atoms with Gasteiger partial charge in [0.1, 0.15) is 0 Å². The summed E-state index contributed by atoms with van der Waals surface area (Å²) in [5.74, 6) is 0.0706. The molecule has 1 aliphatic rings. The smallest absolute Gasteiger partial charge is 0.0847 e. The average Bonchev–Trinajstić information content (AvgIpc) is 2.49. The lowest BCUT2D eigenvalue weighted by Crippen LogP contribution is -2.32. The molecule has 2 nitrogen and oxygen atoms in total. The van der Waals surface area contributed by atoms with Gasteiger partial charge in [-0.25, -0.2) is 0 Å². The highest BCUT2D eigenvalue weighted by Crippen LogP contribution is 2.47. The molecule has 19 heavy (non-hydrogen) atoms. The van der Waals surface area contributed by atoms with Crippen molar-refractivity contribution in [3.8, 4) is 0 Å². The van der Waals surface area contributed by atoms with Crippen molar-refractivity contribution < 1.29 is 9.84 Å². The minimum atomic E-state index is -0.546. The van der Waals surface area contributed by atoms with Crippen molar-refractivity contribution in [2.75, 3.05) is 0 Å². The van der Waals surface area contributed by atoms with E-state index in [1.165, 1.54) is 0 Å². The Hall–Kier alpha value is -0.570. The fourth-order valence-electron chi connectivity index (χ4n) is 3.12. The Balaban J connectivity index is 2.28. The number of hydrogen-bond acceptors (Lipinski definition) is 2. The summed E-state index contributed by atoms with van der Waals surface area (Å²) in [6.07, 6.45) is 0.294. The second-order valence-electron chi connectivity index (χ2n) is 6.73. The number of aryl methyl sites for hydroxylation is 1. The van der Waals surface area contributed by atoms with Crippen LogP contribution in [0.15, 0.2) is 18.2 Å². The van der Waals surface area contributed by atoms with E-state index in [1.807, 2.05) is 39.0 Å². The Morgan fingerprint density at radius 2 is 1.95 bits per heavy atom. The predicted octanol–water partition coefficient (Wildman–Crippen LogP) is 4.28. The van der Waals surface area contributed by atoms with E-state index >= 15 is 0 Å². The summed E-state index contributed by atoms with van der Waals surface area (Å²) in [6.45, 7) is 10.2. The number of rotatable bonds is 2. The molecule has 1 aromatic carbocycles. The zero-order valence-electron chi connectivity index (χ0n) is 12.3. The molecule has 1 fully saturated rings. The van der Waals surface area contributed by atoms with Crippen molar-refractivity contribution >= 4 is 11.6 Å². The minimum Gasteiger partial charge on any atom is -0.388 e. The van der Waals surface area contributed by atoms with Gasteiger partial charge in [0.05, 0.1) is 17.3 Å². The molecule has 1 N–H and O–H groups in total. The van der Waals surface area contributed by atoms with Crippen molar-refractivity contribution in [3.63, 3.8) is 0 Å². The van der Waals surface area contributed by atoms with E-state index in [0.717, 1.165) is 17.5 Å². The Bertz CT molecular complexity index is 480. The van der Waals surface area contributed by atoms with Gasteiger partial charge < -0.3 is 9.84 Å². The summed E-state index contributed by atoms with van der Waals surface area (Å²) in [5.41, 5.74) is 1.37. The maximum Gasteiger partial charge on any atom is 0.0847 e. The van der Waals surface area contributed by atoms with Crippen LogP contribution < -0.4 is 0 Å². The molecule has 1 aromatic rings. The summed E-state index contributed by atoms with van der Waals surface area (Å²) in [7, 11) is 0. The van der Waals surface area contributed by atoms with Gasteiger partial charge in [0.2, 0.25) is 0 Å². The second kappa shape index (κ2) is 4.76. The zero-order valence-corrected chi connectivity index (χ0v) is 13.1. The maximum atomic E-state index is 10.7. The third-order valence-electron chi connectivity index (χ3n) is 4.06. The van der Waals surface area contributed by atoms with Crippen molar-refractivity contribution in [2.24, 2.45) is 5.92 Å². The highest BCUT2D eigenvalue weighted by Gasteiger charge is 2.49. The predicted molar refractivity (Wildman–Crippen MR) is 78.5 cm³/mol. The fraction of sp³-hybridized carbons (Fsp3) is 0.625. The first-order valence-corrected chi connectivity index (χ1v) is 7.14. The van der Waals surface area contributed by atoms with Gasteiger partial charge in [-0.1, -0.05) is 23.7 Å². The Morgan fingerprint density at radius 3 is 2.42 bits per heavy atom. The zero-order chi connectivity index (χ0) is 14.4. The lowest BCUT2D eigenvalue weighted by molar-refractivity contribution is -0.0880. The largest absolute Gasteiger partial charge is 0.388 e. The van der Waals surface area contributed by atoms with Crippen molar-refractivity contribution in [2.45, 2.75) is 58.3 Å². The Labute approximate surface area is 120 Å². The van der Waals surface area contributed by atoms with Gasteiger partial charge in [-0.3, -0.25) is 0 Å². The number of benzene rings is 1. The molecule has 0 aromatic heterocycles. The van der Waals surface area contributed by atoms with Crippen molar-refractivity contribution in [3.05, 3.63) is 34.3 Å². The molecular formula is C16H23ClO2. The lowest BCUT2D eigenvalue weighted by atomic mass is 9.80. The number of halogens is 1. The van der Waals surface area contributed by atoms with E-state index in [9.17, 15) is 5.11 Å². The standard InChI is InChI=1S/C16H23ClO2/c1-10-6-7-11(8-13(10)17)14(18)12-9-15(2,3)19-16(12,4)5/h6-8,12,14,18H,9H2,1-5H3. The molecule has 3 heteroatoms. The first-order chi connectivity index (χ1) is 8.62. The SMILES string of the molecule is Cc1ccc(C(O)C2CC(C)(C)OC2(C)C)cc1Cl. The number of hydrogen-bond donors (Lipinski definition) is 1. The van der Waals surface area contributed by atoms with Crippen LogP contribution in [0.3, 0.4) is 0 Å².